The molecule has 8 heteroatoms. The zero-order valence-electron chi connectivity index (χ0n) is 12.6. The molecule has 0 aliphatic carbocycles. The number of rotatable bonds is 7. The summed E-state index contributed by atoms with van der Waals surface area (Å²) in [6.45, 7) is 0.675. The van der Waals surface area contributed by atoms with E-state index in [0.29, 0.717) is 22.4 Å². The Hall–Kier alpha value is -1.60. The van der Waals surface area contributed by atoms with Crippen molar-refractivity contribution in [2.24, 2.45) is 5.73 Å². The second-order valence-electron chi connectivity index (χ2n) is 4.93. The zero-order chi connectivity index (χ0) is 16.8. The molecule has 0 spiro atoms. The molecule has 1 heterocycles. The lowest BCUT2D eigenvalue weighted by atomic mass is 10.2. The summed E-state index contributed by atoms with van der Waals surface area (Å²) in [7, 11) is 1.52. The van der Waals surface area contributed by atoms with Gasteiger partial charge in [-0.25, -0.2) is 4.68 Å². The Bertz CT molecular complexity index is 671. The Morgan fingerprint density at radius 1 is 1.43 bits per heavy atom. The summed E-state index contributed by atoms with van der Waals surface area (Å²) in [5.74, 6) is 0.374. The van der Waals surface area contributed by atoms with Crippen LogP contribution >= 0.6 is 23.2 Å². The number of methoxy groups -OCH3 is 1. The molecule has 1 unspecified atom stereocenters. The number of nitrogens with two attached hydrogens (primary N) is 1. The molecule has 0 radical (unpaired) electrons. The van der Waals surface area contributed by atoms with Crippen molar-refractivity contribution >= 4 is 34.9 Å². The Morgan fingerprint density at radius 3 is 2.91 bits per heavy atom. The number of carbonyl (C=O) groups excluding carboxylic acids is 1. The molecule has 0 aliphatic heterocycles. The molecule has 23 heavy (non-hydrogen) atoms. The Balaban J connectivity index is 2.08. The van der Waals surface area contributed by atoms with Gasteiger partial charge in [0.25, 0.3) is 0 Å². The number of nitrogens with one attached hydrogen (secondary N) is 1. The molecule has 1 amide bonds. The van der Waals surface area contributed by atoms with E-state index >= 15 is 0 Å². The van der Waals surface area contributed by atoms with E-state index in [-0.39, 0.29) is 25.0 Å². The Morgan fingerprint density at radius 2 is 2.22 bits per heavy atom. The molecule has 0 saturated heterocycles. The van der Waals surface area contributed by atoms with Gasteiger partial charge in [0.2, 0.25) is 5.91 Å². The third-order valence-electron chi connectivity index (χ3n) is 3.34. The molecular formula is C15H18Cl2N4O2. The molecule has 0 fully saturated rings. The van der Waals surface area contributed by atoms with Gasteiger partial charge in [0, 0.05) is 19.7 Å². The number of hydrogen-bond acceptors (Lipinski definition) is 4. The van der Waals surface area contributed by atoms with Crippen LogP contribution in [0.5, 0.6) is 0 Å². The predicted octanol–water partition coefficient (Wildman–Crippen LogP) is 2.54. The quantitative estimate of drug-likeness (QED) is 0.798. The predicted molar refractivity (Wildman–Crippen MR) is 90.9 cm³/mol. The van der Waals surface area contributed by atoms with Gasteiger partial charge in [0.05, 0.1) is 35.3 Å². The minimum atomic E-state index is -0.311. The number of amides is 1. The number of benzene rings is 1. The van der Waals surface area contributed by atoms with E-state index in [1.54, 1.807) is 23.0 Å². The van der Waals surface area contributed by atoms with Gasteiger partial charge in [-0.3, -0.25) is 4.79 Å². The fourth-order valence-electron chi connectivity index (χ4n) is 2.06. The lowest BCUT2D eigenvalue weighted by molar-refractivity contribution is -0.118. The molecule has 0 bridgehead atoms. The highest BCUT2D eigenvalue weighted by Crippen LogP contribution is 2.26. The van der Waals surface area contributed by atoms with Gasteiger partial charge < -0.3 is 15.8 Å². The summed E-state index contributed by atoms with van der Waals surface area (Å²) in [5, 5.41) is 7.95. The standard InChI is InChI=1S/C15H18Cl2N4O2/c1-23-11(8-18)7-14(22)20-13-5-6-19-21(13)9-10-3-2-4-12(16)15(10)17/h2-6,11H,7-9,18H2,1H3,(H,20,22). The van der Waals surface area contributed by atoms with Crippen molar-refractivity contribution in [3.8, 4) is 0 Å². The summed E-state index contributed by atoms with van der Waals surface area (Å²) in [6, 6.07) is 7.10. The SMILES string of the molecule is COC(CN)CC(=O)Nc1ccnn1Cc1cccc(Cl)c1Cl. The number of aromatic nitrogens is 2. The fourth-order valence-corrected chi connectivity index (χ4v) is 2.44. The number of nitrogens with zero attached hydrogens (tertiary/aromatic N) is 2. The average Bonchev–Trinajstić information content (AvgIpc) is 2.96. The first-order valence-corrected chi connectivity index (χ1v) is 7.78. The minimum absolute atomic E-state index is 0.177. The molecule has 124 valence electrons. The van der Waals surface area contributed by atoms with Gasteiger partial charge >= 0.3 is 0 Å². The smallest absolute Gasteiger partial charge is 0.228 e. The highest BCUT2D eigenvalue weighted by molar-refractivity contribution is 6.42. The molecular weight excluding hydrogens is 339 g/mol. The largest absolute Gasteiger partial charge is 0.380 e. The molecule has 2 aromatic rings. The molecule has 0 aliphatic rings. The van der Waals surface area contributed by atoms with Crippen LogP contribution in [-0.4, -0.2) is 35.4 Å². The van der Waals surface area contributed by atoms with Crippen molar-refractivity contribution in [1.82, 2.24) is 9.78 Å². The maximum atomic E-state index is 12.0. The third kappa shape index (κ3) is 4.68. The molecule has 1 atom stereocenters. The average molecular weight is 357 g/mol. The summed E-state index contributed by atoms with van der Waals surface area (Å²) in [5.41, 5.74) is 6.33. The number of hydrogen-bond donors (Lipinski definition) is 2. The normalized spacial score (nSPS) is 12.2. The van der Waals surface area contributed by atoms with Crippen molar-refractivity contribution in [1.29, 1.82) is 0 Å². The van der Waals surface area contributed by atoms with E-state index in [0.717, 1.165) is 5.56 Å². The molecule has 3 N–H and O–H groups in total. The summed E-state index contributed by atoms with van der Waals surface area (Å²) in [6.07, 6.45) is 1.47. The zero-order valence-corrected chi connectivity index (χ0v) is 14.1. The van der Waals surface area contributed by atoms with Crippen LogP contribution in [-0.2, 0) is 16.1 Å². The van der Waals surface area contributed by atoms with Crippen LogP contribution in [0.25, 0.3) is 0 Å². The van der Waals surface area contributed by atoms with Crippen molar-refractivity contribution < 1.29 is 9.53 Å². The van der Waals surface area contributed by atoms with Gasteiger partial charge in [-0.2, -0.15) is 5.10 Å². The highest BCUT2D eigenvalue weighted by Gasteiger charge is 2.14. The van der Waals surface area contributed by atoms with Crippen molar-refractivity contribution in [3.63, 3.8) is 0 Å². The van der Waals surface area contributed by atoms with E-state index < -0.39 is 0 Å². The number of anilines is 1. The van der Waals surface area contributed by atoms with Crippen LogP contribution < -0.4 is 11.1 Å². The monoisotopic (exact) mass is 356 g/mol. The van der Waals surface area contributed by atoms with Gasteiger partial charge in [-0.15, -0.1) is 0 Å². The van der Waals surface area contributed by atoms with E-state index in [1.807, 2.05) is 12.1 Å². The Kier molecular flexibility index (Phi) is 6.41. The van der Waals surface area contributed by atoms with Gasteiger partial charge in [0.1, 0.15) is 5.82 Å². The lowest BCUT2D eigenvalue weighted by Crippen LogP contribution is -2.28. The first-order valence-electron chi connectivity index (χ1n) is 7.02. The van der Waals surface area contributed by atoms with Crippen LogP contribution in [0.4, 0.5) is 5.82 Å². The lowest BCUT2D eigenvalue weighted by Gasteiger charge is -2.14. The molecule has 1 aromatic heterocycles. The number of ether oxygens (including phenoxy) is 1. The summed E-state index contributed by atoms with van der Waals surface area (Å²) < 4.78 is 6.74. The van der Waals surface area contributed by atoms with Crippen molar-refractivity contribution in [2.45, 2.75) is 19.1 Å². The first-order chi connectivity index (χ1) is 11.0. The second-order valence-corrected chi connectivity index (χ2v) is 5.72. The Labute approximate surface area is 144 Å². The highest BCUT2D eigenvalue weighted by atomic mass is 35.5. The van der Waals surface area contributed by atoms with Crippen molar-refractivity contribution in [2.75, 3.05) is 19.0 Å². The summed E-state index contributed by atoms with van der Waals surface area (Å²) in [4.78, 5) is 12.0. The van der Waals surface area contributed by atoms with Gasteiger partial charge in [-0.05, 0) is 11.6 Å². The van der Waals surface area contributed by atoms with E-state index in [4.69, 9.17) is 33.7 Å². The van der Waals surface area contributed by atoms with E-state index in [2.05, 4.69) is 10.4 Å². The second kappa shape index (κ2) is 8.31. The van der Waals surface area contributed by atoms with Gasteiger partial charge in [-0.1, -0.05) is 35.3 Å². The molecule has 2 rings (SSSR count). The third-order valence-corrected chi connectivity index (χ3v) is 4.20. The summed E-state index contributed by atoms with van der Waals surface area (Å²) >= 11 is 12.2. The molecule has 1 aromatic carbocycles. The fraction of sp³-hybridized carbons (Fsp3) is 0.333. The number of carbonyl (C=O) groups is 1. The van der Waals surface area contributed by atoms with E-state index in [1.165, 1.54) is 7.11 Å². The number of halogens is 2. The van der Waals surface area contributed by atoms with Crippen LogP contribution in [0, 0.1) is 0 Å². The molecule has 0 saturated carbocycles. The maximum absolute atomic E-state index is 12.0. The maximum Gasteiger partial charge on any atom is 0.228 e. The van der Waals surface area contributed by atoms with E-state index in [9.17, 15) is 4.79 Å². The first kappa shape index (κ1) is 17.7. The van der Waals surface area contributed by atoms with Crippen LogP contribution in [0.15, 0.2) is 30.5 Å². The minimum Gasteiger partial charge on any atom is -0.380 e. The molecule has 6 nitrogen and oxygen atoms in total. The van der Waals surface area contributed by atoms with Gasteiger partial charge in [0.15, 0.2) is 0 Å². The van der Waals surface area contributed by atoms with Crippen LogP contribution in [0.2, 0.25) is 10.0 Å². The van der Waals surface area contributed by atoms with Crippen LogP contribution in [0.1, 0.15) is 12.0 Å². The van der Waals surface area contributed by atoms with Crippen molar-refractivity contribution in [3.05, 3.63) is 46.1 Å². The van der Waals surface area contributed by atoms with Crippen LogP contribution in [0.3, 0.4) is 0 Å². The topological polar surface area (TPSA) is 82.2 Å².